The maximum Gasteiger partial charge on any atom is 0.228 e. The highest BCUT2D eigenvalue weighted by molar-refractivity contribution is 7.10. The van der Waals surface area contributed by atoms with Crippen molar-refractivity contribution in [2.75, 3.05) is 6.54 Å². The summed E-state index contributed by atoms with van der Waals surface area (Å²) in [5.41, 5.74) is 1.53. The lowest BCUT2D eigenvalue weighted by atomic mass is 10.1. The van der Waals surface area contributed by atoms with Crippen molar-refractivity contribution in [1.82, 2.24) is 14.9 Å². The minimum Gasteiger partial charge on any atom is -0.355 e. The van der Waals surface area contributed by atoms with E-state index in [1.54, 1.807) is 17.4 Å². The number of hydrogen-bond acceptors (Lipinski definition) is 3. The molecule has 1 atom stereocenters. The third kappa shape index (κ3) is 3.27. The maximum atomic E-state index is 13.3. The van der Waals surface area contributed by atoms with Crippen LogP contribution < -0.4 is 5.32 Å². The zero-order chi connectivity index (χ0) is 16.4. The van der Waals surface area contributed by atoms with Crippen LogP contribution in [0.4, 0.5) is 4.39 Å². The summed E-state index contributed by atoms with van der Waals surface area (Å²) < 4.78 is 15.2. The van der Waals surface area contributed by atoms with E-state index in [1.807, 2.05) is 36.1 Å². The molecule has 0 fully saturated rings. The Bertz CT molecular complexity index is 826. The van der Waals surface area contributed by atoms with E-state index in [-0.39, 0.29) is 17.6 Å². The molecule has 3 rings (SSSR count). The van der Waals surface area contributed by atoms with Crippen LogP contribution in [0.15, 0.2) is 35.7 Å². The van der Waals surface area contributed by atoms with Gasteiger partial charge in [-0.05, 0) is 36.6 Å². The Morgan fingerprint density at radius 2 is 2.26 bits per heavy atom. The fraction of sp³-hybridized carbons (Fsp3) is 0.294. The molecule has 0 aliphatic rings. The zero-order valence-electron chi connectivity index (χ0n) is 13.0. The quantitative estimate of drug-likeness (QED) is 0.780. The largest absolute Gasteiger partial charge is 0.355 e. The van der Waals surface area contributed by atoms with Crippen molar-refractivity contribution in [2.45, 2.75) is 19.3 Å². The second kappa shape index (κ2) is 6.50. The average Bonchev–Trinajstić information content (AvgIpc) is 3.16. The maximum absolute atomic E-state index is 13.3. The lowest BCUT2D eigenvalue weighted by molar-refractivity contribution is -0.122. The van der Waals surface area contributed by atoms with Gasteiger partial charge in [0.05, 0.1) is 17.0 Å². The highest BCUT2D eigenvalue weighted by Crippen LogP contribution is 2.20. The number of aromatic nitrogens is 2. The van der Waals surface area contributed by atoms with Crippen molar-refractivity contribution in [3.8, 4) is 0 Å². The van der Waals surface area contributed by atoms with Crippen LogP contribution in [0.25, 0.3) is 11.0 Å². The fourth-order valence-corrected chi connectivity index (χ4v) is 3.34. The first-order valence-electron chi connectivity index (χ1n) is 7.48. The molecule has 0 saturated heterocycles. The van der Waals surface area contributed by atoms with E-state index in [0.717, 1.165) is 21.7 Å². The van der Waals surface area contributed by atoms with Crippen LogP contribution >= 0.6 is 11.3 Å². The molecule has 120 valence electrons. The number of aryl methyl sites for hydroxylation is 1. The first-order chi connectivity index (χ1) is 11.1. The highest BCUT2D eigenvalue weighted by atomic mass is 32.1. The monoisotopic (exact) mass is 331 g/mol. The lowest BCUT2D eigenvalue weighted by Crippen LogP contribution is -2.29. The van der Waals surface area contributed by atoms with E-state index >= 15 is 0 Å². The molecule has 2 heterocycles. The molecule has 0 aliphatic heterocycles. The number of benzene rings is 1. The van der Waals surface area contributed by atoms with E-state index in [9.17, 15) is 9.18 Å². The molecular weight excluding hydrogens is 313 g/mol. The molecule has 0 aliphatic carbocycles. The summed E-state index contributed by atoms with van der Waals surface area (Å²) in [4.78, 5) is 17.7. The van der Waals surface area contributed by atoms with Crippen LogP contribution in [-0.4, -0.2) is 22.0 Å². The molecule has 0 radical (unpaired) electrons. The van der Waals surface area contributed by atoms with Crippen molar-refractivity contribution in [3.63, 3.8) is 0 Å². The van der Waals surface area contributed by atoms with Gasteiger partial charge < -0.3 is 9.88 Å². The van der Waals surface area contributed by atoms with Crippen LogP contribution in [0.5, 0.6) is 0 Å². The predicted molar refractivity (Wildman–Crippen MR) is 90.1 cm³/mol. The third-order valence-electron chi connectivity index (χ3n) is 3.95. The number of thiophene rings is 1. The second-order valence-electron chi connectivity index (χ2n) is 5.50. The molecule has 1 N–H and O–H groups in total. The minimum absolute atomic E-state index is 0.0114. The Hall–Kier alpha value is -2.21. The van der Waals surface area contributed by atoms with Crippen LogP contribution in [0, 0.1) is 5.82 Å². The van der Waals surface area contributed by atoms with Gasteiger partial charge >= 0.3 is 0 Å². The second-order valence-corrected chi connectivity index (χ2v) is 6.48. The van der Waals surface area contributed by atoms with Crippen molar-refractivity contribution in [1.29, 1.82) is 0 Å². The first kappa shape index (κ1) is 15.7. The average molecular weight is 331 g/mol. The summed E-state index contributed by atoms with van der Waals surface area (Å²) in [5.74, 6) is 0.418. The molecule has 1 amide bonds. The van der Waals surface area contributed by atoms with Crippen molar-refractivity contribution >= 4 is 28.3 Å². The number of carbonyl (C=O) groups excluding carboxylic acids is 1. The summed E-state index contributed by atoms with van der Waals surface area (Å²) in [6, 6.07) is 8.47. The molecule has 23 heavy (non-hydrogen) atoms. The number of hydrogen-bond donors (Lipinski definition) is 1. The smallest absolute Gasteiger partial charge is 0.228 e. The van der Waals surface area contributed by atoms with Crippen LogP contribution in [0.3, 0.4) is 0 Å². The number of rotatable bonds is 5. The Labute approximate surface area is 138 Å². The topological polar surface area (TPSA) is 46.9 Å². The van der Waals surface area contributed by atoms with Gasteiger partial charge in [-0.2, -0.15) is 0 Å². The number of fused-ring (bicyclic) bond motifs is 1. The van der Waals surface area contributed by atoms with E-state index in [4.69, 9.17) is 0 Å². The van der Waals surface area contributed by atoms with Gasteiger partial charge in [0, 0.05) is 24.9 Å². The summed E-state index contributed by atoms with van der Waals surface area (Å²) in [5, 5.41) is 4.91. The molecule has 1 unspecified atom stereocenters. The van der Waals surface area contributed by atoms with E-state index in [2.05, 4.69) is 10.3 Å². The third-order valence-corrected chi connectivity index (χ3v) is 5.00. The summed E-state index contributed by atoms with van der Waals surface area (Å²) in [7, 11) is 1.86. The Balaban J connectivity index is 1.62. The fourth-order valence-electron chi connectivity index (χ4n) is 2.55. The molecule has 3 aromatic rings. The first-order valence-corrected chi connectivity index (χ1v) is 8.36. The Morgan fingerprint density at radius 3 is 3.00 bits per heavy atom. The Kier molecular flexibility index (Phi) is 4.43. The van der Waals surface area contributed by atoms with Gasteiger partial charge in [0.15, 0.2) is 0 Å². The van der Waals surface area contributed by atoms with Crippen LogP contribution in [0.2, 0.25) is 0 Å². The van der Waals surface area contributed by atoms with Gasteiger partial charge in [-0.15, -0.1) is 11.3 Å². The summed E-state index contributed by atoms with van der Waals surface area (Å²) in [6.07, 6.45) is 0.607. The van der Waals surface area contributed by atoms with Gasteiger partial charge in [-0.1, -0.05) is 6.07 Å². The molecule has 0 bridgehead atoms. The number of carbonyl (C=O) groups is 1. The molecule has 4 nitrogen and oxygen atoms in total. The predicted octanol–water partition coefficient (Wildman–Crippen LogP) is 3.24. The van der Waals surface area contributed by atoms with Gasteiger partial charge in [0.2, 0.25) is 5.91 Å². The highest BCUT2D eigenvalue weighted by Gasteiger charge is 2.16. The van der Waals surface area contributed by atoms with E-state index in [1.165, 1.54) is 12.1 Å². The van der Waals surface area contributed by atoms with Gasteiger partial charge in [0.1, 0.15) is 11.6 Å². The molecular formula is C17H18FN3OS. The standard InChI is InChI=1S/C17H18FN3OS/c1-11(15-4-3-9-23-15)17(22)19-8-7-16-20-13-6-5-12(18)10-14(13)21(16)2/h3-6,9-11H,7-8H2,1-2H3,(H,19,22). The zero-order valence-corrected chi connectivity index (χ0v) is 13.9. The molecule has 2 aromatic heterocycles. The molecule has 6 heteroatoms. The summed E-state index contributed by atoms with van der Waals surface area (Å²) >= 11 is 1.58. The van der Waals surface area contributed by atoms with Crippen molar-refractivity contribution < 1.29 is 9.18 Å². The molecule has 1 aromatic carbocycles. The summed E-state index contributed by atoms with van der Waals surface area (Å²) in [6.45, 7) is 2.41. The number of amides is 1. The molecule has 0 saturated carbocycles. The number of halogens is 1. The van der Waals surface area contributed by atoms with Crippen LogP contribution in [0.1, 0.15) is 23.5 Å². The normalized spacial score (nSPS) is 12.5. The van der Waals surface area contributed by atoms with Gasteiger partial charge in [-0.3, -0.25) is 4.79 Å². The number of nitrogens with zero attached hydrogens (tertiary/aromatic N) is 2. The van der Waals surface area contributed by atoms with E-state index < -0.39 is 0 Å². The van der Waals surface area contributed by atoms with Gasteiger partial charge in [-0.25, -0.2) is 9.37 Å². The Morgan fingerprint density at radius 1 is 1.43 bits per heavy atom. The van der Waals surface area contributed by atoms with E-state index in [0.29, 0.717) is 13.0 Å². The lowest BCUT2D eigenvalue weighted by Gasteiger charge is -2.10. The van der Waals surface area contributed by atoms with Crippen molar-refractivity contribution in [2.24, 2.45) is 7.05 Å². The number of nitrogens with one attached hydrogen (secondary N) is 1. The SMILES string of the molecule is CC(C(=O)NCCc1nc2ccc(F)cc2n1C)c1cccs1. The van der Waals surface area contributed by atoms with Crippen molar-refractivity contribution in [3.05, 3.63) is 52.2 Å². The minimum atomic E-state index is -0.273. The molecule has 0 spiro atoms. The van der Waals surface area contributed by atoms with Crippen LogP contribution in [-0.2, 0) is 18.3 Å². The van der Waals surface area contributed by atoms with Gasteiger partial charge in [0.25, 0.3) is 0 Å². The number of imidazole rings is 1.